The van der Waals surface area contributed by atoms with Gasteiger partial charge < -0.3 is 4.90 Å². The Hall–Kier alpha value is -1.92. The third-order valence-corrected chi connectivity index (χ3v) is 6.66. The van der Waals surface area contributed by atoms with Gasteiger partial charge in [0.1, 0.15) is 5.02 Å². The molecule has 1 aromatic heterocycles. The molecule has 1 aliphatic heterocycles. The summed E-state index contributed by atoms with van der Waals surface area (Å²) in [7, 11) is 0. The van der Waals surface area contributed by atoms with Crippen LogP contribution in [-0.2, 0) is 6.42 Å². The maximum atomic E-state index is 12.4. The first-order valence-corrected chi connectivity index (χ1v) is 11.1. The van der Waals surface area contributed by atoms with Crippen molar-refractivity contribution in [3.05, 3.63) is 79.6 Å². The van der Waals surface area contributed by atoms with Crippen LogP contribution in [0.4, 0.5) is 5.69 Å². The van der Waals surface area contributed by atoms with Gasteiger partial charge in [0.05, 0.1) is 27.1 Å². The molecule has 0 saturated carbocycles. The lowest BCUT2D eigenvalue weighted by atomic mass is 10.2. The summed E-state index contributed by atoms with van der Waals surface area (Å²) in [5.74, 6) is 0. The maximum Gasteiger partial charge on any atom is 0.290 e. The van der Waals surface area contributed by atoms with Crippen LogP contribution in [-0.4, -0.2) is 47.4 Å². The van der Waals surface area contributed by atoms with E-state index in [1.807, 2.05) is 48.5 Å². The van der Waals surface area contributed by atoms with Gasteiger partial charge in [0.15, 0.2) is 0 Å². The van der Waals surface area contributed by atoms with Gasteiger partial charge in [-0.15, -0.1) is 0 Å². The van der Waals surface area contributed by atoms with Crippen molar-refractivity contribution in [1.29, 1.82) is 0 Å². The Labute approximate surface area is 190 Å². The molecule has 5 nitrogen and oxygen atoms in total. The molecule has 1 saturated heterocycles. The zero-order valence-corrected chi connectivity index (χ0v) is 18.7. The number of H-pyrrole nitrogens is 1. The molecule has 0 spiro atoms. The molecule has 0 aliphatic carbocycles. The molecule has 3 aromatic rings. The molecule has 0 amide bonds. The predicted molar refractivity (Wildman–Crippen MR) is 125 cm³/mol. The molecule has 0 bridgehead atoms. The smallest absolute Gasteiger partial charge is 0.290 e. The molecular formula is C22H23Cl3N4O. The zero-order chi connectivity index (χ0) is 21.1. The van der Waals surface area contributed by atoms with Gasteiger partial charge in [0, 0.05) is 26.2 Å². The Morgan fingerprint density at radius 1 is 0.867 bits per heavy atom. The van der Waals surface area contributed by atoms with Crippen LogP contribution in [0.5, 0.6) is 0 Å². The van der Waals surface area contributed by atoms with E-state index in [0.717, 1.165) is 62.6 Å². The van der Waals surface area contributed by atoms with Crippen LogP contribution >= 0.6 is 34.8 Å². The normalized spacial score (nSPS) is 15.0. The van der Waals surface area contributed by atoms with Crippen LogP contribution < -0.4 is 10.5 Å². The minimum atomic E-state index is -0.204. The molecule has 0 radical (unpaired) electrons. The van der Waals surface area contributed by atoms with E-state index in [1.54, 1.807) is 0 Å². The molecule has 0 unspecified atom stereocenters. The Morgan fingerprint density at radius 2 is 1.60 bits per heavy atom. The van der Waals surface area contributed by atoms with Gasteiger partial charge in [0.2, 0.25) is 0 Å². The third-order valence-electron chi connectivity index (χ3n) is 5.46. The van der Waals surface area contributed by atoms with Crippen molar-refractivity contribution < 1.29 is 0 Å². The van der Waals surface area contributed by atoms with Crippen molar-refractivity contribution in [3.63, 3.8) is 0 Å². The summed E-state index contributed by atoms with van der Waals surface area (Å²) in [6, 6.07) is 15.2. The number of aromatic nitrogens is 2. The highest BCUT2D eigenvalue weighted by Crippen LogP contribution is 2.32. The number of hydrogen-bond acceptors (Lipinski definition) is 3. The number of halogens is 3. The summed E-state index contributed by atoms with van der Waals surface area (Å²) in [4.78, 5) is 17.1. The van der Waals surface area contributed by atoms with Gasteiger partial charge in [-0.2, -0.15) is 0 Å². The van der Waals surface area contributed by atoms with E-state index in [0.29, 0.717) is 10.0 Å². The fraction of sp³-hybridized carbons (Fsp3) is 0.318. The Bertz CT molecular complexity index is 1060. The number of rotatable bonds is 6. The van der Waals surface area contributed by atoms with E-state index < -0.39 is 0 Å². The number of anilines is 1. The number of para-hydroxylation sites is 1. The molecule has 1 fully saturated rings. The van der Waals surface area contributed by atoms with Gasteiger partial charge in [0.25, 0.3) is 5.56 Å². The van der Waals surface area contributed by atoms with Gasteiger partial charge in [-0.3, -0.25) is 14.8 Å². The second-order valence-corrected chi connectivity index (χ2v) is 8.55. The predicted octanol–water partition coefficient (Wildman–Crippen LogP) is 4.88. The Kier molecular flexibility index (Phi) is 6.74. The van der Waals surface area contributed by atoms with Crippen LogP contribution in [0.2, 0.25) is 15.1 Å². The highest BCUT2D eigenvalue weighted by molar-refractivity contribution is 6.43. The number of nitrogens with one attached hydrogen (secondary N) is 1. The first kappa shape index (κ1) is 21.3. The molecule has 2 aromatic carbocycles. The summed E-state index contributed by atoms with van der Waals surface area (Å²) in [6.07, 6.45) is 1.65. The minimum Gasteiger partial charge on any atom is -0.368 e. The van der Waals surface area contributed by atoms with Crippen LogP contribution in [0.25, 0.3) is 5.69 Å². The quantitative estimate of drug-likeness (QED) is 0.564. The summed E-state index contributed by atoms with van der Waals surface area (Å²) < 4.78 is 1.51. The number of hydrogen-bond donors (Lipinski definition) is 1. The SMILES string of the molecule is O=c1c(Cl)c(CCCN2CCN(c3cccc(Cl)c3Cl)CC2)[nH]n1-c1ccccc1. The average Bonchev–Trinajstić information content (AvgIpc) is 3.05. The summed E-state index contributed by atoms with van der Waals surface area (Å²) in [6.45, 7) is 4.67. The van der Waals surface area contributed by atoms with Crippen LogP contribution in [0, 0.1) is 0 Å². The lowest BCUT2D eigenvalue weighted by Crippen LogP contribution is -2.46. The van der Waals surface area contributed by atoms with Crippen molar-refractivity contribution in [1.82, 2.24) is 14.7 Å². The second-order valence-electron chi connectivity index (χ2n) is 7.39. The van der Waals surface area contributed by atoms with Crippen molar-refractivity contribution in [2.24, 2.45) is 0 Å². The van der Waals surface area contributed by atoms with Gasteiger partial charge in [-0.25, -0.2) is 4.68 Å². The Balaban J connectivity index is 1.31. The number of piperazine rings is 1. The monoisotopic (exact) mass is 464 g/mol. The van der Waals surface area contributed by atoms with Crippen molar-refractivity contribution in [2.45, 2.75) is 12.8 Å². The van der Waals surface area contributed by atoms with Crippen LogP contribution in [0.1, 0.15) is 12.1 Å². The molecule has 0 atom stereocenters. The average molecular weight is 466 g/mol. The second kappa shape index (κ2) is 9.48. The third kappa shape index (κ3) is 4.54. The van der Waals surface area contributed by atoms with Gasteiger partial charge in [-0.05, 0) is 43.7 Å². The molecule has 1 aliphatic rings. The van der Waals surface area contributed by atoms with Gasteiger partial charge in [-0.1, -0.05) is 59.1 Å². The number of aryl methyl sites for hydroxylation is 1. The molecule has 2 heterocycles. The minimum absolute atomic E-state index is 0.204. The van der Waals surface area contributed by atoms with Crippen molar-refractivity contribution in [2.75, 3.05) is 37.6 Å². The number of aromatic amines is 1. The van der Waals surface area contributed by atoms with E-state index in [2.05, 4.69) is 14.9 Å². The summed E-state index contributed by atoms with van der Waals surface area (Å²) >= 11 is 18.8. The molecule has 158 valence electrons. The first-order valence-electron chi connectivity index (χ1n) is 10.0. The van der Waals surface area contributed by atoms with E-state index >= 15 is 0 Å². The highest BCUT2D eigenvalue weighted by atomic mass is 35.5. The van der Waals surface area contributed by atoms with Gasteiger partial charge >= 0.3 is 0 Å². The molecule has 8 heteroatoms. The lowest BCUT2D eigenvalue weighted by Gasteiger charge is -2.36. The molecule has 1 N–H and O–H groups in total. The first-order chi connectivity index (χ1) is 14.5. The summed E-state index contributed by atoms with van der Waals surface area (Å²) in [5.41, 5.74) is 2.36. The molecular weight excluding hydrogens is 443 g/mol. The fourth-order valence-electron chi connectivity index (χ4n) is 3.82. The Morgan fingerprint density at radius 3 is 2.33 bits per heavy atom. The number of nitrogens with zero attached hydrogens (tertiary/aromatic N) is 3. The highest BCUT2D eigenvalue weighted by Gasteiger charge is 2.20. The topological polar surface area (TPSA) is 44.3 Å². The van der Waals surface area contributed by atoms with E-state index in [-0.39, 0.29) is 10.6 Å². The van der Waals surface area contributed by atoms with Crippen LogP contribution in [0.15, 0.2) is 53.3 Å². The number of benzene rings is 2. The molecule has 30 heavy (non-hydrogen) atoms. The van der Waals surface area contributed by atoms with E-state index in [1.165, 1.54) is 4.68 Å². The maximum absolute atomic E-state index is 12.4. The standard InChI is InChI=1S/C22H23Cl3N4O/c23-17-8-4-10-19(20(17)24)28-14-12-27(13-15-28)11-5-9-18-21(25)22(30)29(26-18)16-6-2-1-3-7-16/h1-4,6-8,10,26H,5,9,11-15H2. The van der Waals surface area contributed by atoms with Crippen molar-refractivity contribution >= 4 is 40.5 Å². The molecule has 4 rings (SSSR count). The van der Waals surface area contributed by atoms with Crippen molar-refractivity contribution in [3.8, 4) is 5.69 Å². The van der Waals surface area contributed by atoms with Crippen LogP contribution in [0.3, 0.4) is 0 Å². The van der Waals surface area contributed by atoms with E-state index in [9.17, 15) is 4.79 Å². The van der Waals surface area contributed by atoms with E-state index in [4.69, 9.17) is 34.8 Å². The summed E-state index contributed by atoms with van der Waals surface area (Å²) in [5, 5.41) is 4.65. The zero-order valence-electron chi connectivity index (χ0n) is 16.5. The fourth-order valence-corrected chi connectivity index (χ4v) is 4.45. The lowest BCUT2D eigenvalue weighted by molar-refractivity contribution is 0.255. The largest absolute Gasteiger partial charge is 0.368 e.